The van der Waals surface area contributed by atoms with Gasteiger partial charge in [0.05, 0.1) is 11.2 Å². The van der Waals surface area contributed by atoms with Crippen molar-refractivity contribution in [3.63, 3.8) is 0 Å². The van der Waals surface area contributed by atoms with E-state index in [0.717, 1.165) is 21.7 Å². The Labute approximate surface area is 185 Å². The Kier molecular flexibility index (Phi) is 4.98. The average Bonchev–Trinajstić information content (AvgIpc) is 2.70. The van der Waals surface area contributed by atoms with E-state index in [-0.39, 0.29) is 11.1 Å². The Bertz CT molecular complexity index is 1180. The van der Waals surface area contributed by atoms with Gasteiger partial charge in [-0.05, 0) is 62.2 Å². The quantitative estimate of drug-likeness (QED) is 0.551. The van der Waals surface area contributed by atoms with E-state index in [1.165, 1.54) is 6.08 Å². The summed E-state index contributed by atoms with van der Waals surface area (Å²) in [5, 5.41) is 2.64. The number of fused-ring (bicyclic) bond motifs is 1. The molecule has 0 atom stereocenters. The van der Waals surface area contributed by atoms with Crippen LogP contribution in [0.2, 0.25) is 5.02 Å². The molecule has 4 rings (SSSR count). The molecule has 2 aliphatic rings. The lowest BCUT2D eigenvalue weighted by molar-refractivity contribution is -0.122. The smallest absolute Gasteiger partial charge is 0.335 e. The zero-order valence-electron chi connectivity index (χ0n) is 17.7. The molecule has 31 heavy (non-hydrogen) atoms. The molecule has 0 aliphatic carbocycles. The molecule has 0 bridgehead atoms. The fourth-order valence-corrected chi connectivity index (χ4v) is 4.14. The van der Waals surface area contributed by atoms with Crippen LogP contribution in [0.3, 0.4) is 0 Å². The molecule has 0 unspecified atom stereocenters. The second kappa shape index (κ2) is 7.39. The van der Waals surface area contributed by atoms with Gasteiger partial charge in [0.25, 0.3) is 11.8 Å². The Balaban J connectivity index is 1.79. The number of nitrogens with zero attached hydrogens (tertiary/aromatic N) is 2. The SMILES string of the molecule is CC1=CC(C)(C)N(C)c2cc(Cl)c(/C=C3\C(=O)NC(=O)N(c4ccccc4)C3=O)cc21. The number of anilines is 2. The molecular weight excluding hydrogens is 414 g/mol. The molecule has 2 aromatic rings. The summed E-state index contributed by atoms with van der Waals surface area (Å²) in [6, 6.07) is 11.4. The lowest BCUT2D eigenvalue weighted by Gasteiger charge is -2.40. The zero-order chi connectivity index (χ0) is 22.5. The largest absolute Gasteiger partial charge is 0.365 e. The second-order valence-corrected chi connectivity index (χ2v) is 8.63. The normalized spacial score (nSPS) is 19.3. The van der Waals surface area contributed by atoms with Crippen LogP contribution >= 0.6 is 11.6 Å². The van der Waals surface area contributed by atoms with Crippen molar-refractivity contribution in [2.75, 3.05) is 16.8 Å². The van der Waals surface area contributed by atoms with Crippen molar-refractivity contribution in [2.45, 2.75) is 26.3 Å². The number of benzene rings is 2. The summed E-state index contributed by atoms with van der Waals surface area (Å²) in [6.45, 7) is 6.25. The number of rotatable bonds is 2. The second-order valence-electron chi connectivity index (χ2n) is 8.22. The highest BCUT2D eigenvalue weighted by Gasteiger charge is 2.37. The van der Waals surface area contributed by atoms with Crippen molar-refractivity contribution < 1.29 is 14.4 Å². The number of barbiturate groups is 1. The number of carbonyl (C=O) groups is 3. The third-order valence-corrected chi connectivity index (χ3v) is 6.08. The van der Waals surface area contributed by atoms with Crippen molar-refractivity contribution >= 4 is 52.5 Å². The summed E-state index contributed by atoms with van der Waals surface area (Å²) in [6.07, 6.45) is 3.60. The molecule has 1 saturated heterocycles. The van der Waals surface area contributed by atoms with E-state index < -0.39 is 17.8 Å². The van der Waals surface area contributed by atoms with E-state index >= 15 is 0 Å². The molecular formula is C24H22ClN3O3. The van der Waals surface area contributed by atoms with Crippen LogP contribution in [0.5, 0.6) is 0 Å². The number of amides is 4. The van der Waals surface area contributed by atoms with Gasteiger partial charge in [-0.25, -0.2) is 9.69 Å². The predicted molar refractivity (Wildman–Crippen MR) is 123 cm³/mol. The van der Waals surface area contributed by atoms with Gasteiger partial charge >= 0.3 is 6.03 Å². The third kappa shape index (κ3) is 3.53. The highest BCUT2D eigenvalue weighted by atomic mass is 35.5. The minimum atomic E-state index is -0.780. The number of allylic oxidation sites excluding steroid dienone is 1. The maximum absolute atomic E-state index is 13.1. The predicted octanol–water partition coefficient (Wildman–Crippen LogP) is 4.64. The highest BCUT2D eigenvalue weighted by Crippen LogP contribution is 2.41. The molecule has 0 saturated carbocycles. The standard InChI is InChI=1S/C24H22ClN3O3/c1-14-13-24(2,3)27(4)20-12-19(25)15(10-17(14)20)11-18-21(29)26-23(31)28(22(18)30)16-8-6-5-7-9-16/h5-13H,1-4H3,(H,26,29,31)/b18-11+. The summed E-state index contributed by atoms with van der Waals surface area (Å²) in [7, 11) is 2.00. The number of urea groups is 1. The summed E-state index contributed by atoms with van der Waals surface area (Å²) in [5.74, 6) is -1.44. The van der Waals surface area contributed by atoms with Crippen LogP contribution in [-0.4, -0.2) is 30.4 Å². The molecule has 158 valence electrons. The molecule has 7 heteroatoms. The Morgan fingerprint density at radius 1 is 1.06 bits per heavy atom. The number of halogens is 1. The summed E-state index contributed by atoms with van der Waals surface area (Å²) < 4.78 is 0. The lowest BCUT2D eigenvalue weighted by atomic mass is 9.88. The first-order valence-electron chi connectivity index (χ1n) is 9.84. The molecule has 2 aromatic carbocycles. The van der Waals surface area contributed by atoms with Gasteiger partial charge in [0, 0.05) is 23.3 Å². The van der Waals surface area contributed by atoms with E-state index in [1.54, 1.807) is 30.3 Å². The van der Waals surface area contributed by atoms with E-state index in [9.17, 15) is 14.4 Å². The van der Waals surface area contributed by atoms with Gasteiger partial charge in [0.2, 0.25) is 0 Å². The number of para-hydroxylation sites is 1. The molecule has 2 heterocycles. The van der Waals surface area contributed by atoms with Crippen LogP contribution in [0.25, 0.3) is 11.6 Å². The van der Waals surface area contributed by atoms with Gasteiger partial charge in [-0.3, -0.25) is 14.9 Å². The summed E-state index contributed by atoms with van der Waals surface area (Å²) >= 11 is 6.55. The topological polar surface area (TPSA) is 69.7 Å². The zero-order valence-corrected chi connectivity index (χ0v) is 18.4. The van der Waals surface area contributed by atoms with Crippen molar-refractivity contribution in [1.29, 1.82) is 0 Å². The first kappa shape index (κ1) is 20.9. The van der Waals surface area contributed by atoms with Gasteiger partial charge in [-0.2, -0.15) is 0 Å². The van der Waals surface area contributed by atoms with Gasteiger partial charge in [0.1, 0.15) is 5.57 Å². The number of carbonyl (C=O) groups excluding carboxylic acids is 3. The first-order valence-corrected chi connectivity index (χ1v) is 10.2. The number of nitrogens with one attached hydrogen (secondary N) is 1. The molecule has 1 N–H and O–H groups in total. The number of hydrogen-bond donors (Lipinski definition) is 1. The minimum absolute atomic E-state index is 0.156. The summed E-state index contributed by atoms with van der Waals surface area (Å²) in [4.78, 5) is 40.9. The molecule has 6 nitrogen and oxygen atoms in total. The first-order chi connectivity index (χ1) is 14.6. The molecule has 0 aromatic heterocycles. The van der Waals surface area contributed by atoms with Gasteiger partial charge in [-0.15, -0.1) is 0 Å². The Morgan fingerprint density at radius 2 is 1.74 bits per heavy atom. The van der Waals surface area contributed by atoms with E-state index in [2.05, 4.69) is 30.1 Å². The Hall–Kier alpha value is -3.38. The average molecular weight is 436 g/mol. The molecule has 1 fully saturated rings. The van der Waals surface area contributed by atoms with Crippen molar-refractivity contribution in [3.05, 3.63) is 70.3 Å². The van der Waals surface area contributed by atoms with Gasteiger partial charge in [-0.1, -0.05) is 35.9 Å². The molecule has 0 spiro atoms. The summed E-state index contributed by atoms with van der Waals surface area (Å²) in [5.41, 5.74) is 3.60. The van der Waals surface area contributed by atoms with Crippen LogP contribution in [0.15, 0.2) is 54.1 Å². The van der Waals surface area contributed by atoms with Crippen LogP contribution in [-0.2, 0) is 9.59 Å². The van der Waals surface area contributed by atoms with Crippen molar-refractivity contribution in [1.82, 2.24) is 5.32 Å². The monoisotopic (exact) mass is 435 g/mol. The number of imide groups is 2. The number of hydrogen-bond acceptors (Lipinski definition) is 4. The van der Waals surface area contributed by atoms with Crippen LogP contribution in [0.4, 0.5) is 16.2 Å². The van der Waals surface area contributed by atoms with Crippen LogP contribution in [0, 0.1) is 0 Å². The van der Waals surface area contributed by atoms with Crippen molar-refractivity contribution in [2.24, 2.45) is 0 Å². The highest BCUT2D eigenvalue weighted by molar-refractivity contribution is 6.40. The fraction of sp³-hybridized carbons (Fsp3) is 0.208. The Morgan fingerprint density at radius 3 is 2.42 bits per heavy atom. The molecule has 2 aliphatic heterocycles. The maximum Gasteiger partial charge on any atom is 0.335 e. The van der Waals surface area contributed by atoms with Gasteiger partial charge < -0.3 is 4.90 Å². The van der Waals surface area contributed by atoms with E-state index in [4.69, 9.17) is 11.6 Å². The fourth-order valence-electron chi connectivity index (χ4n) is 3.92. The van der Waals surface area contributed by atoms with Crippen LogP contribution in [0.1, 0.15) is 31.9 Å². The van der Waals surface area contributed by atoms with Crippen molar-refractivity contribution in [3.8, 4) is 0 Å². The van der Waals surface area contributed by atoms with Gasteiger partial charge in [0.15, 0.2) is 0 Å². The minimum Gasteiger partial charge on any atom is -0.365 e. The third-order valence-electron chi connectivity index (χ3n) is 5.75. The molecule has 0 radical (unpaired) electrons. The van der Waals surface area contributed by atoms with Crippen LogP contribution < -0.4 is 15.1 Å². The lowest BCUT2D eigenvalue weighted by Crippen LogP contribution is -2.54. The maximum atomic E-state index is 13.1. The molecule has 4 amide bonds. The van der Waals surface area contributed by atoms with E-state index in [1.807, 2.05) is 26.1 Å². The number of likely N-dealkylation sites (N-methyl/N-ethyl adjacent to an activating group) is 1. The van der Waals surface area contributed by atoms with E-state index in [0.29, 0.717) is 16.3 Å².